The number of hydrogen-bond donors (Lipinski definition) is 2. The van der Waals surface area contributed by atoms with Crippen LogP contribution in [0.1, 0.15) is 70.2 Å². The van der Waals surface area contributed by atoms with E-state index in [1.54, 1.807) is 6.08 Å². The number of ketones is 2. The molecule has 3 rings (SSSR count). The number of carboxylic acid groups (broad SMARTS) is 1. The number of carboxylic acids is 1. The zero-order valence-corrected chi connectivity index (χ0v) is 23.4. The number of allylic oxidation sites excluding steroid dienone is 2. The number of nitrogens with one attached hydrogen (secondary N) is 1. The summed E-state index contributed by atoms with van der Waals surface area (Å²) in [5.74, 6) is -2.29. The monoisotopic (exact) mass is 566 g/mol. The fraction of sp³-hybridized carbons (Fsp3) is 0.444. The van der Waals surface area contributed by atoms with Gasteiger partial charge < -0.3 is 10.4 Å². The minimum Gasteiger partial charge on any atom is -0.481 e. The highest BCUT2D eigenvalue weighted by molar-refractivity contribution is 6.42. The molecular weight excluding hydrogens is 539 g/mol. The number of rotatable bonds is 8. The number of nitrogens with zero attached hydrogens (tertiary/aromatic N) is 1. The molecule has 7 nitrogen and oxygen atoms in total. The Hall–Kier alpha value is -2.48. The summed E-state index contributed by atoms with van der Waals surface area (Å²) >= 11 is 18.5. The number of amides is 1. The molecule has 2 N–H and O–H groups in total. The van der Waals surface area contributed by atoms with Crippen LogP contribution in [0.25, 0.3) is 0 Å². The molecule has 0 bridgehead atoms. The summed E-state index contributed by atoms with van der Waals surface area (Å²) in [7, 11) is 0. The molecular formula is C27H29Cl3N2O5. The minimum atomic E-state index is -1.55. The standard InChI is InChI=1S/C27H29Cl3N2O5/c1-14(2)9-16(23-20(33)12-26(3,4)13-21(23)34)17-6-8-31-27(17,7-5-22(35)36)32-25(37)24-18(29)10-15(28)11-19(24)30/h6,8,10-11,14H,5,7,9,12-13H2,1-4H3,(H,32,37)(H,35,36). The van der Waals surface area contributed by atoms with E-state index in [1.807, 2.05) is 27.7 Å². The van der Waals surface area contributed by atoms with Gasteiger partial charge in [0.2, 0.25) is 0 Å². The molecule has 10 heteroatoms. The first-order valence-electron chi connectivity index (χ1n) is 11.9. The molecule has 0 saturated heterocycles. The molecule has 1 unspecified atom stereocenters. The summed E-state index contributed by atoms with van der Waals surface area (Å²) in [6.07, 6.45) is 3.37. The molecule has 1 fully saturated rings. The van der Waals surface area contributed by atoms with Crippen LogP contribution in [0.15, 0.2) is 39.9 Å². The lowest BCUT2D eigenvalue weighted by Crippen LogP contribution is -2.49. The normalized spacial score (nSPS) is 20.9. The predicted molar refractivity (Wildman–Crippen MR) is 145 cm³/mol. The van der Waals surface area contributed by atoms with E-state index in [0.29, 0.717) is 17.6 Å². The van der Waals surface area contributed by atoms with Gasteiger partial charge in [-0.1, -0.05) is 62.5 Å². The van der Waals surface area contributed by atoms with Gasteiger partial charge in [0.1, 0.15) is 0 Å². The molecule has 1 atom stereocenters. The second-order valence-corrected chi connectivity index (χ2v) is 11.9. The molecule has 1 amide bonds. The van der Waals surface area contributed by atoms with Crippen molar-refractivity contribution in [1.29, 1.82) is 0 Å². The van der Waals surface area contributed by atoms with Gasteiger partial charge in [-0.05, 0) is 41.5 Å². The highest BCUT2D eigenvalue weighted by Gasteiger charge is 2.44. The lowest BCUT2D eigenvalue weighted by molar-refractivity contribution is -0.137. The van der Waals surface area contributed by atoms with Crippen molar-refractivity contribution in [3.8, 4) is 0 Å². The first kappa shape index (κ1) is 29.1. The number of aliphatic carboxylic acids is 1. The lowest BCUT2D eigenvalue weighted by Gasteiger charge is -2.35. The van der Waals surface area contributed by atoms with E-state index in [4.69, 9.17) is 34.8 Å². The summed E-state index contributed by atoms with van der Waals surface area (Å²) in [5.41, 5.74) is -1.08. The summed E-state index contributed by atoms with van der Waals surface area (Å²) in [6, 6.07) is 2.74. The fourth-order valence-corrected chi connectivity index (χ4v) is 5.80. The summed E-state index contributed by atoms with van der Waals surface area (Å²) in [5, 5.41) is 12.5. The van der Waals surface area contributed by atoms with E-state index >= 15 is 0 Å². The Bertz CT molecular complexity index is 1220. The topological polar surface area (TPSA) is 113 Å². The van der Waals surface area contributed by atoms with Crippen LogP contribution < -0.4 is 5.32 Å². The Kier molecular flexibility index (Phi) is 8.72. The second kappa shape index (κ2) is 11.1. The average molecular weight is 568 g/mol. The van der Waals surface area contributed by atoms with Crippen molar-refractivity contribution in [2.75, 3.05) is 0 Å². The van der Waals surface area contributed by atoms with Gasteiger partial charge in [-0.25, -0.2) is 0 Å². The predicted octanol–water partition coefficient (Wildman–Crippen LogP) is 6.25. The number of benzene rings is 1. The maximum atomic E-state index is 13.5. The molecule has 0 radical (unpaired) electrons. The van der Waals surface area contributed by atoms with Crippen LogP contribution in [0.4, 0.5) is 0 Å². The van der Waals surface area contributed by atoms with Crippen molar-refractivity contribution in [3.63, 3.8) is 0 Å². The quantitative estimate of drug-likeness (QED) is 0.285. The third kappa shape index (κ3) is 6.51. The maximum absolute atomic E-state index is 13.5. The molecule has 1 saturated carbocycles. The van der Waals surface area contributed by atoms with Crippen LogP contribution in [0, 0.1) is 11.3 Å². The van der Waals surface area contributed by atoms with Gasteiger partial charge in [-0.15, -0.1) is 0 Å². The van der Waals surface area contributed by atoms with Crippen LogP contribution >= 0.6 is 34.8 Å². The van der Waals surface area contributed by atoms with Crippen molar-refractivity contribution in [1.82, 2.24) is 5.32 Å². The van der Waals surface area contributed by atoms with Crippen molar-refractivity contribution in [2.24, 2.45) is 16.3 Å². The molecule has 2 aliphatic rings. The van der Waals surface area contributed by atoms with Gasteiger partial charge in [0, 0.05) is 42.5 Å². The number of hydrogen-bond acceptors (Lipinski definition) is 5. The Balaban J connectivity index is 2.15. The van der Waals surface area contributed by atoms with Crippen LogP contribution in [0.2, 0.25) is 15.1 Å². The van der Waals surface area contributed by atoms with Crippen molar-refractivity contribution >= 4 is 64.5 Å². The van der Waals surface area contributed by atoms with Gasteiger partial charge in [0.25, 0.3) is 5.91 Å². The van der Waals surface area contributed by atoms with Crippen molar-refractivity contribution in [2.45, 2.75) is 65.5 Å². The number of carbonyl (C=O) groups is 4. The Morgan fingerprint density at radius 3 is 2.16 bits per heavy atom. The zero-order valence-electron chi connectivity index (χ0n) is 21.1. The number of Topliss-reactive ketones (excluding diaryl/α,β-unsaturated/α-hetero) is 2. The van der Waals surface area contributed by atoms with Gasteiger partial charge in [0.05, 0.1) is 21.2 Å². The van der Waals surface area contributed by atoms with Crippen LogP contribution in [-0.4, -0.2) is 40.4 Å². The molecule has 1 aliphatic heterocycles. The molecule has 0 aromatic heterocycles. The number of halogens is 3. The van der Waals surface area contributed by atoms with Gasteiger partial charge in [-0.2, -0.15) is 0 Å². The van der Waals surface area contributed by atoms with Crippen LogP contribution in [0.3, 0.4) is 0 Å². The fourth-order valence-electron chi connectivity index (χ4n) is 4.81. The highest BCUT2D eigenvalue weighted by atomic mass is 35.5. The van der Waals surface area contributed by atoms with E-state index in [-0.39, 0.29) is 69.4 Å². The average Bonchev–Trinajstić information content (AvgIpc) is 3.12. The second-order valence-electron chi connectivity index (χ2n) is 10.6. The Morgan fingerprint density at radius 1 is 1.08 bits per heavy atom. The van der Waals surface area contributed by atoms with Gasteiger partial charge in [0.15, 0.2) is 17.2 Å². The van der Waals surface area contributed by atoms with Gasteiger partial charge in [-0.3, -0.25) is 24.2 Å². The van der Waals surface area contributed by atoms with E-state index in [9.17, 15) is 24.3 Å². The molecule has 0 spiro atoms. The van der Waals surface area contributed by atoms with E-state index < -0.39 is 23.0 Å². The molecule has 1 aliphatic carbocycles. The highest BCUT2D eigenvalue weighted by Crippen LogP contribution is 2.42. The summed E-state index contributed by atoms with van der Waals surface area (Å²) < 4.78 is 0. The third-order valence-electron chi connectivity index (χ3n) is 6.31. The van der Waals surface area contributed by atoms with E-state index in [0.717, 1.165) is 0 Å². The first-order valence-corrected chi connectivity index (χ1v) is 13.0. The Morgan fingerprint density at radius 2 is 1.65 bits per heavy atom. The zero-order chi connectivity index (χ0) is 27.7. The van der Waals surface area contributed by atoms with Crippen LogP contribution in [-0.2, 0) is 14.4 Å². The van der Waals surface area contributed by atoms with Crippen molar-refractivity contribution < 1.29 is 24.3 Å². The smallest absolute Gasteiger partial charge is 0.303 e. The molecule has 1 aromatic carbocycles. The van der Waals surface area contributed by atoms with E-state index in [1.165, 1.54) is 18.3 Å². The Labute approximate surface area is 230 Å². The summed E-state index contributed by atoms with van der Waals surface area (Å²) in [4.78, 5) is 56.0. The number of carbonyl (C=O) groups excluding carboxylic acids is 3. The molecule has 1 aromatic rings. The summed E-state index contributed by atoms with van der Waals surface area (Å²) in [6.45, 7) is 7.64. The molecule has 37 heavy (non-hydrogen) atoms. The first-order chi connectivity index (χ1) is 17.2. The van der Waals surface area contributed by atoms with Crippen molar-refractivity contribution in [3.05, 3.63) is 55.6 Å². The third-order valence-corrected chi connectivity index (χ3v) is 7.13. The molecule has 1 heterocycles. The maximum Gasteiger partial charge on any atom is 0.303 e. The number of aliphatic imine (C=N–C) groups is 1. The SMILES string of the molecule is CC(C)CC(C1=CC=NC1(CCC(=O)O)NC(=O)c1c(Cl)cc(Cl)cc1Cl)=C1C(=O)CC(C)(C)CC1=O. The lowest BCUT2D eigenvalue weighted by atomic mass is 9.70. The largest absolute Gasteiger partial charge is 0.481 e. The van der Waals surface area contributed by atoms with E-state index in [2.05, 4.69) is 10.3 Å². The minimum absolute atomic E-state index is 0.0107. The molecule has 198 valence electrons. The van der Waals surface area contributed by atoms with Crippen LogP contribution in [0.5, 0.6) is 0 Å². The van der Waals surface area contributed by atoms with Gasteiger partial charge >= 0.3 is 5.97 Å².